The van der Waals surface area contributed by atoms with Crippen LogP contribution in [-0.2, 0) is 16.0 Å². The van der Waals surface area contributed by atoms with Gasteiger partial charge in [0.1, 0.15) is 0 Å². The Kier molecular flexibility index (Phi) is 3.80. The van der Waals surface area contributed by atoms with Crippen molar-refractivity contribution in [1.29, 1.82) is 0 Å². The molecule has 2 heterocycles. The van der Waals surface area contributed by atoms with Gasteiger partial charge in [-0.2, -0.15) is 0 Å². The number of benzene rings is 1. The highest BCUT2D eigenvalue weighted by atomic mass is 79.9. The quantitative estimate of drug-likeness (QED) is 0.905. The summed E-state index contributed by atoms with van der Waals surface area (Å²) >= 11 is 3.55. The minimum atomic E-state index is -0.385. The molecule has 0 aromatic heterocycles. The van der Waals surface area contributed by atoms with Crippen LogP contribution in [0.3, 0.4) is 0 Å². The van der Waals surface area contributed by atoms with Crippen molar-refractivity contribution in [3.05, 3.63) is 28.2 Å². The number of hydrogen-bond donors (Lipinski definition) is 1. The topological polar surface area (TPSA) is 47.7 Å². The van der Waals surface area contributed by atoms with Crippen molar-refractivity contribution in [3.63, 3.8) is 0 Å². The van der Waals surface area contributed by atoms with Gasteiger partial charge in [0.2, 0.25) is 0 Å². The van der Waals surface area contributed by atoms with E-state index in [0.29, 0.717) is 19.8 Å². The summed E-state index contributed by atoms with van der Waals surface area (Å²) in [5.74, 6) is -0.385. The third kappa shape index (κ3) is 2.79. The van der Waals surface area contributed by atoms with E-state index in [1.807, 2.05) is 0 Å². The van der Waals surface area contributed by atoms with Gasteiger partial charge in [0.25, 0.3) is 0 Å². The Labute approximate surface area is 122 Å². The predicted molar refractivity (Wildman–Crippen MR) is 78.1 cm³/mol. The second-order valence-corrected chi connectivity index (χ2v) is 6.07. The van der Waals surface area contributed by atoms with Crippen LogP contribution in [0.25, 0.3) is 0 Å². The number of halogens is 1. The number of ether oxygens (including phenoxy) is 2. The van der Waals surface area contributed by atoms with Crippen molar-refractivity contribution < 1.29 is 9.47 Å². The molecule has 0 saturated carbocycles. The summed E-state index contributed by atoms with van der Waals surface area (Å²) in [5, 5.41) is 0. The van der Waals surface area contributed by atoms with E-state index in [2.05, 4.69) is 39.0 Å². The molecular formula is C14H19BrN2O2. The third-order valence-electron chi connectivity index (χ3n) is 3.77. The maximum Gasteiger partial charge on any atom is 0.186 e. The van der Waals surface area contributed by atoms with Gasteiger partial charge in [0.05, 0.1) is 19.8 Å². The van der Waals surface area contributed by atoms with Crippen LogP contribution in [0.5, 0.6) is 0 Å². The third-order valence-corrected chi connectivity index (χ3v) is 4.23. The summed E-state index contributed by atoms with van der Waals surface area (Å²) in [6.07, 6.45) is 2.08. The lowest BCUT2D eigenvalue weighted by Gasteiger charge is -2.40. The van der Waals surface area contributed by atoms with Crippen LogP contribution in [-0.4, -0.2) is 32.1 Å². The maximum absolute atomic E-state index is 5.82. The summed E-state index contributed by atoms with van der Waals surface area (Å²) in [6, 6.07) is 6.34. The summed E-state index contributed by atoms with van der Waals surface area (Å²) < 4.78 is 12.7. The van der Waals surface area contributed by atoms with Crippen LogP contribution >= 0.6 is 15.9 Å². The number of anilines is 1. The summed E-state index contributed by atoms with van der Waals surface area (Å²) in [7, 11) is 0. The molecule has 0 aliphatic carbocycles. The average Bonchev–Trinajstić information content (AvgIpc) is 2.86. The Morgan fingerprint density at radius 2 is 2.05 bits per heavy atom. The van der Waals surface area contributed by atoms with E-state index < -0.39 is 0 Å². The van der Waals surface area contributed by atoms with E-state index in [0.717, 1.165) is 36.0 Å². The summed E-state index contributed by atoms with van der Waals surface area (Å²) in [6.45, 7) is 3.81. The van der Waals surface area contributed by atoms with Gasteiger partial charge < -0.3 is 20.1 Å². The van der Waals surface area contributed by atoms with Crippen molar-refractivity contribution >= 4 is 21.6 Å². The van der Waals surface area contributed by atoms with Crippen LogP contribution in [0, 0.1) is 0 Å². The van der Waals surface area contributed by atoms with E-state index in [-0.39, 0.29) is 5.79 Å². The van der Waals surface area contributed by atoms with Crippen LogP contribution in [0.4, 0.5) is 5.69 Å². The first-order valence-electron chi connectivity index (χ1n) is 6.73. The van der Waals surface area contributed by atoms with Crippen molar-refractivity contribution in [2.75, 3.05) is 31.2 Å². The van der Waals surface area contributed by atoms with E-state index in [9.17, 15) is 0 Å². The molecule has 0 unspecified atom stereocenters. The van der Waals surface area contributed by atoms with E-state index in [1.165, 1.54) is 5.69 Å². The first-order chi connectivity index (χ1) is 9.21. The van der Waals surface area contributed by atoms with Gasteiger partial charge in [0, 0.05) is 29.7 Å². The lowest BCUT2D eigenvalue weighted by atomic mass is 10.0. The highest BCUT2D eigenvalue weighted by molar-refractivity contribution is 9.10. The molecule has 0 amide bonds. The first-order valence-corrected chi connectivity index (χ1v) is 7.52. The van der Waals surface area contributed by atoms with Gasteiger partial charge in [-0.25, -0.2) is 0 Å². The minimum absolute atomic E-state index is 0.385. The van der Waals surface area contributed by atoms with Gasteiger partial charge in [-0.15, -0.1) is 0 Å². The molecule has 1 spiro atoms. The molecule has 4 nitrogen and oxygen atoms in total. The Bertz CT molecular complexity index is 461. The molecule has 0 atom stereocenters. The second kappa shape index (κ2) is 5.40. The lowest BCUT2D eigenvalue weighted by Crippen LogP contribution is -2.49. The average molecular weight is 327 g/mol. The van der Waals surface area contributed by atoms with Crippen molar-refractivity contribution in [2.24, 2.45) is 5.73 Å². The minimum Gasteiger partial charge on any atom is -0.366 e. The molecule has 3 rings (SSSR count). The molecule has 19 heavy (non-hydrogen) atoms. The van der Waals surface area contributed by atoms with Gasteiger partial charge in [0.15, 0.2) is 5.79 Å². The maximum atomic E-state index is 5.82. The zero-order chi connectivity index (χ0) is 13.3. The van der Waals surface area contributed by atoms with E-state index in [4.69, 9.17) is 15.2 Å². The Morgan fingerprint density at radius 3 is 2.79 bits per heavy atom. The molecule has 1 aromatic rings. The monoisotopic (exact) mass is 326 g/mol. The zero-order valence-electron chi connectivity index (χ0n) is 10.9. The fourth-order valence-corrected chi connectivity index (χ4v) is 3.40. The van der Waals surface area contributed by atoms with Crippen LogP contribution in [0.15, 0.2) is 22.7 Å². The molecule has 2 aliphatic rings. The predicted octanol–water partition coefficient (Wildman–Crippen LogP) is 2.25. The van der Waals surface area contributed by atoms with Gasteiger partial charge >= 0.3 is 0 Å². The zero-order valence-corrected chi connectivity index (χ0v) is 12.5. The first kappa shape index (κ1) is 13.4. The standard InChI is InChI=1S/C14H19BrN2O2/c15-12-6-11(9-16)7-13(8-12)17-3-1-2-14(10-17)18-4-5-19-14/h6-8H,1-5,9-10,16H2. The molecule has 2 fully saturated rings. The van der Waals surface area contributed by atoms with Crippen molar-refractivity contribution in [2.45, 2.75) is 25.2 Å². The fraction of sp³-hybridized carbons (Fsp3) is 0.571. The highest BCUT2D eigenvalue weighted by Gasteiger charge is 2.40. The molecular weight excluding hydrogens is 308 g/mol. The summed E-state index contributed by atoms with van der Waals surface area (Å²) in [5.41, 5.74) is 8.07. The van der Waals surface area contributed by atoms with Crippen LogP contribution < -0.4 is 10.6 Å². The molecule has 0 radical (unpaired) electrons. The SMILES string of the molecule is NCc1cc(Br)cc(N2CCCC3(C2)OCCO3)c1. The summed E-state index contributed by atoms with van der Waals surface area (Å²) in [4.78, 5) is 2.33. The van der Waals surface area contributed by atoms with Crippen LogP contribution in [0.1, 0.15) is 18.4 Å². The smallest absolute Gasteiger partial charge is 0.186 e. The normalized spacial score (nSPS) is 22.1. The van der Waals surface area contributed by atoms with Gasteiger partial charge in [-0.3, -0.25) is 0 Å². The molecule has 2 aliphatic heterocycles. The molecule has 2 N–H and O–H groups in total. The second-order valence-electron chi connectivity index (χ2n) is 5.15. The lowest BCUT2D eigenvalue weighted by molar-refractivity contribution is -0.161. The molecule has 104 valence electrons. The van der Waals surface area contributed by atoms with E-state index >= 15 is 0 Å². The number of hydrogen-bond acceptors (Lipinski definition) is 4. The van der Waals surface area contributed by atoms with E-state index in [1.54, 1.807) is 0 Å². The Morgan fingerprint density at radius 1 is 1.26 bits per heavy atom. The number of piperidine rings is 1. The number of nitrogens with two attached hydrogens (primary N) is 1. The van der Waals surface area contributed by atoms with Crippen LogP contribution in [0.2, 0.25) is 0 Å². The molecule has 0 bridgehead atoms. The molecule has 1 aromatic carbocycles. The Hall–Kier alpha value is -0.620. The van der Waals surface area contributed by atoms with Crippen molar-refractivity contribution in [3.8, 4) is 0 Å². The molecule has 2 saturated heterocycles. The number of rotatable bonds is 2. The fourth-order valence-electron chi connectivity index (χ4n) is 2.87. The Balaban J connectivity index is 1.83. The number of nitrogens with zero attached hydrogens (tertiary/aromatic N) is 1. The largest absolute Gasteiger partial charge is 0.366 e. The molecule has 5 heteroatoms. The van der Waals surface area contributed by atoms with Crippen molar-refractivity contribution in [1.82, 2.24) is 0 Å². The van der Waals surface area contributed by atoms with Gasteiger partial charge in [-0.1, -0.05) is 15.9 Å². The highest BCUT2D eigenvalue weighted by Crippen LogP contribution is 2.33. The van der Waals surface area contributed by atoms with Gasteiger partial charge in [-0.05, 0) is 30.2 Å².